The van der Waals surface area contributed by atoms with Gasteiger partial charge in [0.25, 0.3) is 0 Å². The Morgan fingerprint density at radius 1 is 1.05 bits per heavy atom. The van der Waals surface area contributed by atoms with Crippen molar-refractivity contribution in [2.45, 2.75) is 0 Å². The highest BCUT2D eigenvalue weighted by molar-refractivity contribution is 6.32. The molecule has 0 fully saturated rings. The molecule has 19 heavy (non-hydrogen) atoms. The molecule has 0 radical (unpaired) electrons. The molecule has 5 nitrogen and oxygen atoms in total. The summed E-state index contributed by atoms with van der Waals surface area (Å²) in [5.41, 5.74) is 0.892. The van der Waals surface area contributed by atoms with Gasteiger partial charge in [-0.2, -0.15) is 5.11 Å². The Morgan fingerprint density at radius 2 is 1.74 bits per heavy atom. The monoisotopic (exact) mass is 276 g/mol. The molecule has 0 spiro atoms. The zero-order valence-electron chi connectivity index (χ0n) is 9.62. The van der Waals surface area contributed by atoms with Gasteiger partial charge < -0.3 is 10.2 Å². The highest BCUT2D eigenvalue weighted by Gasteiger charge is 2.04. The number of carbonyl (C=O) groups is 1. The molecule has 0 saturated carbocycles. The Morgan fingerprint density at radius 3 is 2.37 bits per heavy atom. The van der Waals surface area contributed by atoms with Crippen LogP contribution in [-0.4, -0.2) is 16.2 Å². The molecule has 2 rings (SSSR count). The zero-order chi connectivity index (χ0) is 13.8. The topological polar surface area (TPSA) is 82.2 Å². The molecule has 2 aromatic rings. The van der Waals surface area contributed by atoms with Gasteiger partial charge in [-0.3, -0.25) is 0 Å². The minimum atomic E-state index is -1.00. The molecule has 6 heteroatoms. The number of para-hydroxylation sites is 1. The van der Waals surface area contributed by atoms with Crippen molar-refractivity contribution in [1.82, 2.24) is 0 Å². The van der Waals surface area contributed by atoms with Gasteiger partial charge in [-0.05, 0) is 36.4 Å². The van der Waals surface area contributed by atoms with Crippen molar-refractivity contribution < 1.29 is 15.0 Å². The Labute approximate surface area is 113 Å². The van der Waals surface area contributed by atoms with E-state index in [0.29, 0.717) is 5.69 Å². The summed E-state index contributed by atoms with van der Waals surface area (Å²) in [6.45, 7) is 0. The van der Waals surface area contributed by atoms with Crippen molar-refractivity contribution in [3.8, 4) is 5.75 Å². The van der Waals surface area contributed by atoms with E-state index in [0.717, 1.165) is 0 Å². The standard InChI is InChI=1S/C13H9ClN2O3/c14-10-2-1-3-11(12(10)17)16-15-9-6-4-8(5-7-9)13(18)19/h1-7,17H,(H,18,19). The van der Waals surface area contributed by atoms with Crippen molar-refractivity contribution in [2.24, 2.45) is 10.2 Å². The minimum Gasteiger partial charge on any atom is -0.504 e. The van der Waals surface area contributed by atoms with E-state index in [1.54, 1.807) is 12.1 Å². The van der Waals surface area contributed by atoms with Crippen LogP contribution in [0.5, 0.6) is 5.75 Å². The molecule has 0 atom stereocenters. The third-order valence-corrected chi connectivity index (χ3v) is 2.66. The smallest absolute Gasteiger partial charge is 0.335 e. The van der Waals surface area contributed by atoms with E-state index >= 15 is 0 Å². The zero-order valence-corrected chi connectivity index (χ0v) is 10.4. The Hall–Kier alpha value is -2.40. The van der Waals surface area contributed by atoms with E-state index in [1.165, 1.54) is 30.3 Å². The highest BCUT2D eigenvalue weighted by Crippen LogP contribution is 2.34. The predicted octanol–water partition coefficient (Wildman–Crippen LogP) is 4.16. The lowest BCUT2D eigenvalue weighted by Gasteiger charge is -1.99. The first-order chi connectivity index (χ1) is 9.08. The largest absolute Gasteiger partial charge is 0.504 e. The molecule has 0 aliphatic rings. The first-order valence-electron chi connectivity index (χ1n) is 5.30. The van der Waals surface area contributed by atoms with Crippen LogP contribution in [0, 0.1) is 0 Å². The number of hydrogen-bond acceptors (Lipinski definition) is 4. The average Bonchev–Trinajstić information content (AvgIpc) is 2.41. The van der Waals surface area contributed by atoms with Crippen molar-refractivity contribution in [1.29, 1.82) is 0 Å². The van der Waals surface area contributed by atoms with E-state index in [2.05, 4.69) is 10.2 Å². The number of carboxylic acid groups (broad SMARTS) is 1. The number of benzene rings is 2. The van der Waals surface area contributed by atoms with E-state index in [4.69, 9.17) is 16.7 Å². The van der Waals surface area contributed by atoms with Crippen LogP contribution in [0.4, 0.5) is 11.4 Å². The SMILES string of the molecule is O=C(O)c1ccc(N=Nc2cccc(Cl)c2O)cc1. The van der Waals surface area contributed by atoms with Crippen LogP contribution in [0.15, 0.2) is 52.7 Å². The Bertz CT molecular complexity index is 639. The number of hydrogen-bond donors (Lipinski definition) is 2. The number of azo groups is 1. The molecule has 0 aliphatic heterocycles. The molecule has 2 aromatic carbocycles. The van der Waals surface area contributed by atoms with Gasteiger partial charge in [0.15, 0.2) is 5.75 Å². The number of rotatable bonds is 3. The number of aromatic carboxylic acids is 1. The third-order valence-electron chi connectivity index (χ3n) is 2.35. The molecule has 0 aromatic heterocycles. The van der Waals surface area contributed by atoms with Gasteiger partial charge in [-0.1, -0.05) is 17.7 Å². The van der Waals surface area contributed by atoms with Crippen LogP contribution in [0.25, 0.3) is 0 Å². The molecule has 0 amide bonds. The van der Waals surface area contributed by atoms with Crippen LogP contribution in [0.2, 0.25) is 5.02 Å². The maximum atomic E-state index is 10.7. The van der Waals surface area contributed by atoms with Crippen LogP contribution in [0.1, 0.15) is 10.4 Å². The van der Waals surface area contributed by atoms with Crippen LogP contribution in [-0.2, 0) is 0 Å². The van der Waals surface area contributed by atoms with Gasteiger partial charge in [-0.25, -0.2) is 4.79 Å². The van der Waals surface area contributed by atoms with Crippen LogP contribution >= 0.6 is 11.6 Å². The van der Waals surface area contributed by atoms with Gasteiger partial charge >= 0.3 is 5.97 Å². The highest BCUT2D eigenvalue weighted by atomic mass is 35.5. The lowest BCUT2D eigenvalue weighted by Crippen LogP contribution is -1.93. The molecule has 2 N–H and O–H groups in total. The minimum absolute atomic E-state index is 0.143. The van der Waals surface area contributed by atoms with Crippen molar-refractivity contribution in [2.75, 3.05) is 0 Å². The van der Waals surface area contributed by atoms with E-state index in [9.17, 15) is 9.90 Å². The summed E-state index contributed by atoms with van der Waals surface area (Å²) in [5, 5.41) is 26.3. The van der Waals surface area contributed by atoms with Gasteiger partial charge in [0.2, 0.25) is 0 Å². The second kappa shape index (κ2) is 5.49. The molecule has 0 aliphatic carbocycles. The van der Waals surface area contributed by atoms with Crippen molar-refractivity contribution in [3.05, 3.63) is 53.1 Å². The molecule has 0 heterocycles. The molecular weight excluding hydrogens is 268 g/mol. The maximum absolute atomic E-state index is 10.7. The molecule has 0 saturated heterocycles. The fourth-order valence-corrected chi connectivity index (χ4v) is 1.54. The van der Waals surface area contributed by atoms with Crippen LogP contribution < -0.4 is 0 Å². The number of phenols is 1. The lowest BCUT2D eigenvalue weighted by atomic mass is 10.2. The fraction of sp³-hybridized carbons (Fsp3) is 0. The van der Waals surface area contributed by atoms with Crippen molar-refractivity contribution in [3.63, 3.8) is 0 Å². The second-order valence-corrected chi connectivity index (χ2v) is 4.07. The van der Waals surface area contributed by atoms with Crippen molar-refractivity contribution >= 4 is 28.9 Å². The molecular formula is C13H9ClN2O3. The number of halogens is 1. The Kier molecular flexibility index (Phi) is 3.77. The lowest BCUT2D eigenvalue weighted by molar-refractivity contribution is 0.0697. The second-order valence-electron chi connectivity index (χ2n) is 3.66. The summed E-state index contributed by atoms with van der Waals surface area (Å²) in [6.07, 6.45) is 0. The summed E-state index contributed by atoms with van der Waals surface area (Å²) >= 11 is 5.73. The number of nitrogens with zero attached hydrogens (tertiary/aromatic N) is 2. The number of phenolic OH excluding ortho intramolecular Hbond substituents is 1. The van der Waals surface area contributed by atoms with Gasteiger partial charge in [-0.15, -0.1) is 5.11 Å². The number of carboxylic acids is 1. The Balaban J connectivity index is 2.23. The predicted molar refractivity (Wildman–Crippen MR) is 70.7 cm³/mol. The molecule has 0 bridgehead atoms. The van der Waals surface area contributed by atoms with Gasteiger partial charge in [0.05, 0.1) is 16.3 Å². The van der Waals surface area contributed by atoms with E-state index in [1.807, 2.05) is 0 Å². The summed E-state index contributed by atoms with van der Waals surface area (Å²) in [7, 11) is 0. The molecule has 0 unspecified atom stereocenters. The summed E-state index contributed by atoms with van der Waals surface area (Å²) in [5.74, 6) is -1.15. The maximum Gasteiger partial charge on any atom is 0.335 e. The first kappa shape index (κ1) is 13.0. The first-order valence-corrected chi connectivity index (χ1v) is 5.68. The third kappa shape index (κ3) is 3.08. The average molecular weight is 277 g/mol. The molecule has 96 valence electrons. The van der Waals surface area contributed by atoms with Gasteiger partial charge in [0.1, 0.15) is 5.69 Å². The van der Waals surface area contributed by atoms with E-state index < -0.39 is 5.97 Å². The quantitative estimate of drug-likeness (QED) is 0.826. The summed E-state index contributed by atoms with van der Waals surface area (Å²) in [6, 6.07) is 10.6. The number of aromatic hydroxyl groups is 1. The summed E-state index contributed by atoms with van der Waals surface area (Å²) < 4.78 is 0. The van der Waals surface area contributed by atoms with Gasteiger partial charge in [0, 0.05) is 0 Å². The van der Waals surface area contributed by atoms with Crippen LogP contribution in [0.3, 0.4) is 0 Å². The normalized spacial score (nSPS) is 10.8. The fourth-order valence-electron chi connectivity index (χ4n) is 1.37. The van der Waals surface area contributed by atoms with E-state index in [-0.39, 0.29) is 22.0 Å². The summed E-state index contributed by atoms with van der Waals surface area (Å²) in [4.78, 5) is 10.7.